The predicted molar refractivity (Wildman–Crippen MR) is 101 cm³/mol. The molecule has 0 radical (unpaired) electrons. The molecular weight excluding hydrogens is 362 g/mol. The second kappa shape index (κ2) is 8.02. The van der Waals surface area contributed by atoms with E-state index < -0.39 is 11.6 Å². The summed E-state index contributed by atoms with van der Waals surface area (Å²) in [6.07, 6.45) is 11.8. The van der Waals surface area contributed by atoms with Crippen LogP contribution in [-0.2, 0) is 11.2 Å². The molecule has 0 aliphatic heterocycles. The van der Waals surface area contributed by atoms with Gasteiger partial charge in [-0.15, -0.1) is 0 Å². The molecule has 0 saturated heterocycles. The SMILES string of the molecule is O=C(CCc1ncc(-c2ccc(F)cc2F)o1)N[C@H]1CCCCC12CCCC2. The lowest BCUT2D eigenvalue weighted by atomic mass is 9.69. The number of aryl methyl sites for hydroxylation is 1. The van der Waals surface area contributed by atoms with Crippen molar-refractivity contribution < 1.29 is 18.0 Å². The molecule has 0 bridgehead atoms. The Hall–Kier alpha value is -2.24. The number of nitrogens with one attached hydrogen (secondary N) is 1. The van der Waals surface area contributed by atoms with Crippen LogP contribution in [-0.4, -0.2) is 16.9 Å². The smallest absolute Gasteiger partial charge is 0.220 e. The maximum Gasteiger partial charge on any atom is 0.220 e. The Balaban J connectivity index is 1.34. The highest BCUT2D eigenvalue weighted by molar-refractivity contribution is 5.76. The van der Waals surface area contributed by atoms with Crippen LogP contribution in [0.4, 0.5) is 8.78 Å². The van der Waals surface area contributed by atoms with Crippen molar-refractivity contribution >= 4 is 5.91 Å². The minimum atomic E-state index is -0.695. The molecule has 0 unspecified atom stereocenters. The van der Waals surface area contributed by atoms with Gasteiger partial charge in [-0.1, -0.05) is 25.7 Å². The summed E-state index contributed by atoms with van der Waals surface area (Å²) in [5.41, 5.74) is 0.472. The van der Waals surface area contributed by atoms with E-state index in [2.05, 4.69) is 10.3 Å². The molecule has 6 heteroatoms. The van der Waals surface area contributed by atoms with Gasteiger partial charge < -0.3 is 9.73 Å². The van der Waals surface area contributed by atoms with Crippen LogP contribution < -0.4 is 5.32 Å². The minimum absolute atomic E-state index is 0.0193. The lowest BCUT2D eigenvalue weighted by Gasteiger charge is -2.42. The Morgan fingerprint density at radius 2 is 1.93 bits per heavy atom. The molecule has 2 aliphatic carbocycles. The van der Waals surface area contributed by atoms with Crippen molar-refractivity contribution in [1.82, 2.24) is 10.3 Å². The molecule has 1 atom stereocenters. The average Bonchev–Trinajstić information content (AvgIpc) is 3.32. The second-order valence-electron chi connectivity index (χ2n) is 8.18. The highest BCUT2D eigenvalue weighted by Gasteiger charge is 2.43. The van der Waals surface area contributed by atoms with Crippen molar-refractivity contribution in [3.63, 3.8) is 0 Å². The van der Waals surface area contributed by atoms with Crippen LogP contribution in [0.25, 0.3) is 11.3 Å². The highest BCUT2D eigenvalue weighted by Crippen LogP contribution is 2.49. The number of carbonyl (C=O) groups excluding carboxylic acids is 1. The van der Waals surface area contributed by atoms with Gasteiger partial charge in [0.15, 0.2) is 11.7 Å². The lowest BCUT2D eigenvalue weighted by Crippen LogP contribution is -2.48. The van der Waals surface area contributed by atoms with Gasteiger partial charge in [0.05, 0.1) is 11.8 Å². The number of carbonyl (C=O) groups is 1. The van der Waals surface area contributed by atoms with Crippen LogP contribution in [0.3, 0.4) is 0 Å². The van der Waals surface area contributed by atoms with Crippen LogP contribution in [0.15, 0.2) is 28.8 Å². The van der Waals surface area contributed by atoms with Gasteiger partial charge in [-0.25, -0.2) is 13.8 Å². The van der Waals surface area contributed by atoms with Crippen LogP contribution in [0.5, 0.6) is 0 Å². The van der Waals surface area contributed by atoms with E-state index in [4.69, 9.17) is 4.42 Å². The predicted octanol–water partition coefficient (Wildman–Crippen LogP) is 5.17. The van der Waals surface area contributed by atoms with Crippen LogP contribution >= 0.6 is 0 Å². The van der Waals surface area contributed by atoms with Gasteiger partial charge in [0.1, 0.15) is 11.6 Å². The molecule has 4 rings (SSSR count). The number of amides is 1. The first-order chi connectivity index (χ1) is 13.6. The van der Waals surface area contributed by atoms with E-state index in [-0.39, 0.29) is 23.3 Å². The highest BCUT2D eigenvalue weighted by atomic mass is 19.1. The lowest BCUT2D eigenvalue weighted by molar-refractivity contribution is -0.123. The molecular formula is C22H26F2N2O2. The summed E-state index contributed by atoms with van der Waals surface area (Å²) in [4.78, 5) is 16.6. The molecule has 1 aromatic carbocycles. The molecule has 4 nitrogen and oxygen atoms in total. The van der Waals surface area contributed by atoms with E-state index in [9.17, 15) is 13.6 Å². The fraction of sp³-hybridized carbons (Fsp3) is 0.545. The molecule has 2 aliphatic rings. The summed E-state index contributed by atoms with van der Waals surface area (Å²) >= 11 is 0. The first kappa shape index (κ1) is 19.1. The first-order valence-electron chi connectivity index (χ1n) is 10.3. The Morgan fingerprint density at radius 3 is 2.68 bits per heavy atom. The Bertz CT molecular complexity index is 843. The number of rotatable bonds is 5. The molecule has 1 amide bonds. The van der Waals surface area contributed by atoms with Gasteiger partial charge in [0, 0.05) is 24.9 Å². The molecule has 150 valence electrons. The summed E-state index contributed by atoms with van der Waals surface area (Å²) in [5, 5.41) is 3.27. The van der Waals surface area contributed by atoms with E-state index in [0.717, 1.165) is 12.5 Å². The Morgan fingerprint density at radius 1 is 1.18 bits per heavy atom. The zero-order valence-electron chi connectivity index (χ0n) is 16.0. The van der Waals surface area contributed by atoms with Crippen molar-refractivity contribution in [1.29, 1.82) is 0 Å². The summed E-state index contributed by atoms with van der Waals surface area (Å²) in [6.45, 7) is 0. The number of oxazole rings is 1. The normalized spacial score (nSPS) is 21.1. The van der Waals surface area contributed by atoms with Gasteiger partial charge in [0.2, 0.25) is 5.91 Å². The number of aromatic nitrogens is 1. The van der Waals surface area contributed by atoms with Gasteiger partial charge in [0.25, 0.3) is 0 Å². The summed E-state index contributed by atoms with van der Waals surface area (Å²) in [5.74, 6) is -0.691. The molecule has 1 aromatic heterocycles. The molecule has 1 N–H and O–H groups in total. The van der Waals surface area contributed by atoms with Gasteiger partial charge in [-0.2, -0.15) is 0 Å². The minimum Gasteiger partial charge on any atom is -0.441 e. The molecule has 2 fully saturated rings. The van der Waals surface area contributed by atoms with Gasteiger partial charge in [-0.05, 0) is 43.2 Å². The van der Waals surface area contributed by atoms with Crippen LogP contribution in [0, 0.1) is 17.0 Å². The van der Waals surface area contributed by atoms with E-state index in [0.29, 0.717) is 24.1 Å². The number of halogens is 2. The fourth-order valence-corrected chi connectivity index (χ4v) is 4.94. The molecule has 1 spiro atoms. The fourth-order valence-electron chi connectivity index (χ4n) is 4.94. The molecule has 2 aromatic rings. The number of nitrogens with zero attached hydrogens (tertiary/aromatic N) is 1. The first-order valence-corrected chi connectivity index (χ1v) is 10.3. The zero-order chi connectivity index (χ0) is 19.6. The van der Waals surface area contributed by atoms with Gasteiger partial charge in [-0.3, -0.25) is 4.79 Å². The average molecular weight is 388 g/mol. The molecule has 2 saturated carbocycles. The third-order valence-corrected chi connectivity index (χ3v) is 6.41. The van der Waals surface area contributed by atoms with E-state index in [1.165, 1.54) is 63.3 Å². The third kappa shape index (κ3) is 3.96. The Labute approximate surface area is 163 Å². The number of hydrogen-bond acceptors (Lipinski definition) is 3. The third-order valence-electron chi connectivity index (χ3n) is 6.41. The number of hydrogen-bond donors (Lipinski definition) is 1. The quantitative estimate of drug-likeness (QED) is 0.769. The van der Waals surface area contributed by atoms with Crippen LogP contribution in [0.1, 0.15) is 63.7 Å². The van der Waals surface area contributed by atoms with Crippen LogP contribution in [0.2, 0.25) is 0 Å². The molecule has 28 heavy (non-hydrogen) atoms. The van der Waals surface area contributed by atoms with Gasteiger partial charge >= 0.3 is 0 Å². The maximum absolute atomic E-state index is 13.9. The van der Waals surface area contributed by atoms with E-state index in [1.54, 1.807) is 0 Å². The molecule has 1 heterocycles. The summed E-state index contributed by atoms with van der Waals surface area (Å²) in [6, 6.07) is 3.60. The topological polar surface area (TPSA) is 55.1 Å². The van der Waals surface area contributed by atoms with Crippen molar-refractivity contribution in [3.8, 4) is 11.3 Å². The van der Waals surface area contributed by atoms with Crippen molar-refractivity contribution in [2.75, 3.05) is 0 Å². The second-order valence-corrected chi connectivity index (χ2v) is 8.18. The van der Waals surface area contributed by atoms with Crippen molar-refractivity contribution in [3.05, 3.63) is 41.9 Å². The monoisotopic (exact) mass is 388 g/mol. The van der Waals surface area contributed by atoms with E-state index in [1.807, 2.05) is 0 Å². The maximum atomic E-state index is 13.9. The zero-order valence-corrected chi connectivity index (χ0v) is 16.0. The Kier molecular flexibility index (Phi) is 5.47. The van der Waals surface area contributed by atoms with Crippen molar-refractivity contribution in [2.45, 2.75) is 70.3 Å². The number of benzene rings is 1. The van der Waals surface area contributed by atoms with E-state index >= 15 is 0 Å². The van der Waals surface area contributed by atoms with Crippen molar-refractivity contribution in [2.24, 2.45) is 5.41 Å². The summed E-state index contributed by atoms with van der Waals surface area (Å²) in [7, 11) is 0. The standard InChI is InChI=1S/C22H26F2N2O2/c23-15-6-7-16(17(24)13-15)18-14-25-21(28-18)9-8-20(27)26-19-5-1-2-10-22(19)11-3-4-12-22/h6-7,13-14,19H,1-5,8-12H2,(H,26,27)/t19-/m0/s1. The summed E-state index contributed by atoms with van der Waals surface area (Å²) < 4.78 is 32.5. The largest absolute Gasteiger partial charge is 0.441 e.